The van der Waals surface area contributed by atoms with Gasteiger partial charge < -0.3 is 5.32 Å². The van der Waals surface area contributed by atoms with E-state index in [1.807, 2.05) is 0 Å². The molecule has 0 unspecified atom stereocenters. The van der Waals surface area contributed by atoms with Crippen molar-refractivity contribution in [3.05, 3.63) is 28.2 Å². The molecular formula is C9H9Cl2N3O. The van der Waals surface area contributed by atoms with Gasteiger partial charge in [0.15, 0.2) is 0 Å². The van der Waals surface area contributed by atoms with Gasteiger partial charge in [0, 0.05) is 11.6 Å². The summed E-state index contributed by atoms with van der Waals surface area (Å²) in [5.74, 6) is 0.388. The van der Waals surface area contributed by atoms with Crippen LogP contribution in [0.2, 0.25) is 10.0 Å². The van der Waals surface area contributed by atoms with Crippen molar-refractivity contribution < 1.29 is 5.21 Å². The molecule has 0 aliphatic carbocycles. The molecule has 6 heteroatoms. The number of guanidine groups is 1. The van der Waals surface area contributed by atoms with Crippen LogP contribution < -0.4 is 5.32 Å². The number of nitrogens with one attached hydrogen (secondary N) is 1. The van der Waals surface area contributed by atoms with E-state index < -0.39 is 0 Å². The van der Waals surface area contributed by atoms with E-state index in [1.165, 1.54) is 0 Å². The predicted octanol–water partition coefficient (Wildman–Crippen LogP) is 2.28. The largest absolute Gasteiger partial charge is 0.352 e. The van der Waals surface area contributed by atoms with Crippen molar-refractivity contribution in [1.82, 2.24) is 10.4 Å². The maximum Gasteiger partial charge on any atom is 0.223 e. The zero-order chi connectivity index (χ0) is 10.8. The van der Waals surface area contributed by atoms with Crippen molar-refractivity contribution in [2.24, 2.45) is 4.99 Å². The third-order valence-corrected chi connectivity index (χ3v) is 2.54. The van der Waals surface area contributed by atoms with Crippen LogP contribution in [0, 0.1) is 0 Å². The van der Waals surface area contributed by atoms with Gasteiger partial charge in [-0.1, -0.05) is 23.2 Å². The van der Waals surface area contributed by atoms with Crippen LogP contribution in [-0.2, 0) is 0 Å². The van der Waals surface area contributed by atoms with Crippen molar-refractivity contribution in [3.8, 4) is 0 Å². The molecule has 15 heavy (non-hydrogen) atoms. The molecule has 80 valence electrons. The van der Waals surface area contributed by atoms with Gasteiger partial charge in [0.05, 0.1) is 17.3 Å². The molecule has 0 amide bonds. The molecule has 0 spiro atoms. The molecule has 0 aromatic heterocycles. The molecule has 0 atom stereocenters. The molecule has 2 N–H and O–H groups in total. The second-order valence-corrected chi connectivity index (χ2v) is 3.92. The Bertz CT molecular complexity index is 408. The van der Waals surface area contributed by atoms with Crippen LogP contribution in [0.5, 0.6) is 0 Å². The summed E-state index contributed by atoms with van der Waals surface area (Å²) in [4.78, 5) is 4.16. The number of benzene rings is 1. The van der Waals surface area contributed by atoms with E-state index in [4.69, 9.17) is 23.2 Å². The van der Waals surface area contributed by atoms with E-state index in [2.05, 4.69) is 10.3 Å². The average Bonchev–Trinajstić information content (AvgIpc) is 2.58. The zero-order valence-corrected chi connectivity index (χ0v) is 9.26. The topological polar surface area (TPSA) is 47.9 Å². The summed E-state index contributed by atoms with van der Waals surface area (Å²) in [6, 6.07) is 5.00. The smallest absolute Gasteiger partial charge is 0.223 e. The van der Waals surface area contributed by atoms with Crippen molar-refractivity contribution in [2.75, 3.05) is 13.1 Å². The van der Waals surface area contributed by atoms with Gasteiger partial charge in [-0.25, -0.2) is 10.1 Å². The number of rotatable bonds is 1. The van der Waals surface area contributed by atoms with Crippen LogP contribution in [0.15, 0.2) is 23.2 Å². The fourth-order valence-electron chi connectivity index (χ4n) is 1.25. The molecular weight excluding hydrogens is 237 g/mol. The van der Waals surface area contributed by atoms with E-state index in [0.29, 0.717) is 34.8 Å². The SMILES string of the molecule is ON1CCN/C1=N\c1cc(Cl)ccc1Cl. The molecule has 1 aromatic rings. The van der Waals surface area contributed by atoms with Crippen LogP contribution in [0.1, 0.15) is 0 Å². The fraction of sp³-hybridized carbons (Fsp3) is 0.222. The van der Waals surface area contributed by atoms with E-state index in [1.54, 1.807) is 18.2 Å². The number of hydrogen-bond donors (Lipinski definition) is 2. The van der Waals surface area contributed by atoms with Gasteiger partial charge in [-0.2, -0.15) is 0 Å². The van der Waals surface area contributed by atoms with E-state index in [-0.39, 0.29) is 0 Å². The van der Waals surface area contributed by atoms with Crippen molar-refractivity contribution in [1.29, 1.82) is 0 Å². The molecule has 1 aliphatic rings. The van der Waals surface area contributed by atoms with Crippen LogP contribution in [-0.4, -0.2) is 29.3 Å². The van der Waals surface area contributed by atoms with Gasteiger partial charge in [-0.05, 0) is 18.2 Å². The van der Waals surface area contributed by atoms with E-state index >= 15 is 0 Å². The Morgan fingerprint density at radius 1 is 1.40 bits per heavy atom. The zero-order valence-electron chi connectivity index (χ0n) is 7.74. The maximum atomic E-state index is 9.37. The highest BCUT2D eigenvalue weighted by Gasteiger charge is 2.15. The number of nitrogens with zero attached hydrogens (tertiary/aromatic N) is 2. The Labute approximate surface area is 97.1 Å². The van der Waals surface area contributed by atoms with Crippen molar-refractivity contribution in [2.45, 2.75) is 0 Å². The molecule has 1 heterocycles. The van der Waals surface area contributed by atoms with Gasteiger partial charge >= 0.3 is 0 Å². The first kappa shape index (κ1) is 10.5. The Kier molecular flexibility index (Phi) is 3.00. The Hall–Kier alpha value is -0.970. The average molecular weight is 246 g/mol. The number of halogens is 2. The second-order valence-electron chi connectivity index (χ2n) is 3.08. The quantitative estimate of drug-likeness (QED) is 0.799. The minimum atomic E-state index is 0.388. The van der Waals surface area contributed by atoms with Crippen LogP contribution >= 0.6 is 23.2 Å². The van der Waals surface area contributed by atoms with Gasteiger partial charge in [-0.15, -0.1) is 0 Å². The van der Waals surface area contributed by atoms with Crippen molar-refractivity contribution in [3.63, 3.8) is 0 Å². The van der Waals surface area contributed by atoms with Gasteiger partial charge in [0.1, 0.15) is 0 Å². The summed E-state index contributed by atoms with van der Waals surface area (Å²) in [7, 11) is 0. The van der Waals surface area contributed by atoms with Crippen LogP contribution in [0.3, 0.4) is 0 Å². The van der Waals surface area contributed by atoms with Crippen LogP contribution in [0.25, 0.3) is 0 Å². The summed E-state index contributed by atoms with van der Waals surface area (Å²) in [5, 5.41) is 14.4. The summed E-state index contributed by atoms with van der Waals surface area (Å²) >= 11 is 11.7. The Balaban J connectivity index is 2.33. The number of hydrogen-bond acceptors (Lipinski definition) is 2. The highest BCUT2D eigenvalue weighted by molar-refractivity contribution is 6.35. The van der Waals surface area contributed by atoms with Gasteiger partial charge in [0.25, 0.3) is 0 Å². The molecule has 0 bridgehead atoms. The maximum absolute atomic E-state index is 9.37. The predicted molar refractivity (Wildman–Crippen MR) is 60.1 cm³/mol. The molecule has 1 aromatic carbocycles. The Morgan fingerprint density at radius 2 is 2.20 bits per heavy atom. The second kappa shape index (κ2) is 4.26. The standard InChI is InChI=1S/C9H9Cl2N3O/c10-6-1-2-7(11)8(5-6)13-9-12-3-4-14(9)15/h1-2,5,15H,3-4H2,(H,12,13). The lowest BCUT2D eigenvalue weighted by Crippen LogP contribution is -2.26. The lowest BCUT2D eigenvalue weighted by atomic mass is 10.3. The molecule has 1 fully saturated rings. The summed E-state index contributed by atoms with van der Waals surface area (Å²) in [6.45, 7) is 1.17. The van der Waals surface area contributed by atoms with E-state index in [9.17, 15) is 5.21 Å². The monoisotopic (exact) mass is 245 g/mol. The van der Waals surface area contributed by atoms with Crippen LogP contribution in [0.4, 0.5) is 5.69 Å². The molecule has 0 saturated carbocycles. The third kappa shape index (κ3) is 2.34. The first-order chi connectivity index (χ1) is 7.16. The number of hydroxylamine groups is 2. The minimum Gasteiger partial charge on any atom is -0.352 e. The highest BCUT2D eigenvalue weighted by atomic mass is 35.5. The lowest BCUT2D eigenvalue weighted by Gasteiger charge is -2.08. The fourth-order valence-corrected chi connectivity index (χ4v) is 1.58. The summed E-state index contributed by atoms with van der Waals surface area (Å²) < 4.78 is 0. The molecule has 1 aliphatic heterocycles. The number of aliphatic imine (C=N–C) groups is 1. The first-order valence-corrected chi connectivity index (χ1v) is 5.16. The summed E-state index contributed by atoms with van der Waals surface area (Å²) in [5.41, 5.74) is 0.535. The molecule has 2 rings (SSSR count). The first-order valence-electron chi connectivity index (χ1n) is 4.41. The minimum absolute atomic E-state index is 0.388. The normalized spacial score (nSPS) is 18.3. The van der Waals surface area contributed by atoms with E-state index in [0.717, 1.165) is 5.06 Å². The highest BCUT2D eigenvalue weighted by Crippen LogP contribution is 2.28. The van der Waals surface area contributed by atoms with Crippen molar-refractivity contribution >= 4 is 34.8 Å². The molecule has 4 nitrogen and oxygen atoms in total. The van der Waals surface area contributed by atoms with Gasteiger partial charge in [-0.3, -0.25) is 5.21 Å². The van der Waals surface area contributed by atoms with Gasteiger partial charge in [0.2, 0.25) is 5.96 Å². The lowest BCUT2D eigenvalue weighted by molar-refractivity contribution is -0.00126. The molecule has 0 radical (unpaired) electrons. The summed E-state index contributed by atoms with van der Waals surface area (Å²) in [6.07, 6.45) is 0. The Morgan fingerprint density at radius 3 is 2.87 bits per heavy atom. The third-order valence-electron chi connectivity index (χ3n) is 1.99. The molecule has 1 saturated heterocycles.